The van der Waals surface area contributed by atoms with Crippen molar-refractivity contribution >= 4 is 0 Å². The minimum atomic E-state index is -0.0805. The fourth-order valence-corrected chi connectivity index (χ4v) is 3.35. The van der Waals surface area contributed by atoms with Crippen LogP contribution in [0, 0.1) is 19.7 Å². The number of rotatable bonds is 6. The van der Waals surface area contributed by atoms with Gasteiger partial charge in [0.2, 0.25) is 0 Å². The van der Waals surface area contributed by atoms with Gasteiger partial charge in [-0.2, -0.15) is 0 Å². The van der Waals surface area contributed by atoms with Gasteiger partial charge in [0.15, 0.2) is 0 Å². The smallest absolute Gasteiger partial charge is 0.128 e. The summed E-state index contributed by atoms with van der Waals surface area (Å²) in [7, 11) is 0. The van der Waals surface area contributed by atoms with Gasteiger partial charge >= 0.3 is 0 Å². The first kappa shape index (κ1) is 16.4. The van der Waals surface area contributed by atoms with Gasteiger partial charge in [-0.15, -0.1) is 0 Å². The number of hydrogen-bond donors (Lipinski definition) is 1. The molecule has 1 aliphatic rings. The van der Waals surface area contributed by atoms with E-state index in [0.29, 0.717) is 6.10 Å². The predicted molar refractivity (Wildman–Crippen MR) is 85.1 cm³/mol. The van der Waals surface area contributed by atoms with Crippen LogP contribution in [0.1, 0.15) is 61.8 Å². The molecule has 1 fully saturated rings. The third-order valence-corrected chi connectivity index (χ3v) is 4.33. The van der Waals surface area contributed by atoms with Crippen molar-refractivity contribution in [1.29, 1.82) is 0 Å². The van der Waals surface area contributed by atoms with Crippen molar-refractivity contribution < 1.29 is 9.13 Å². The van der Waals surface area contributed by atoms with Crippen LogP contribution in [0.4, 0.5) is 4.39 Å². The molecule has 118 valence electrons. The first-order valence-electron chi connectivity index (χ1n) is 8.23. The molecule has 2 atom stereocenters. The molecule has 1 aliphatic heterocycles. The van der Waals surface area contributed by atoms with E-state index in [1.807, 2.05) is 13.8 Å². The van der Waals surface area contributed by atoms with E-state index in [0.717, 1.165) is 49.1 Å². The summed E-state index contributed by atoms with van der Waals surface area (Å²) < 4.78 is 20.2. The quantitative estimate of drug-likeness (QED) is 0.837. The lowest BCUT2D eigenvalue weighted by atomic mass is 9.93. The Labute approximate surface area is 128 Å². The molecule has 2 unspecified atom stereocenters. The molecule has 0 aliphatic carbocycles. The van der Waals surface area contributed by atoms with E-state index in [1.54, 1.807) is 6.07 Å². The molecule has 2 nitrogen and oxygen atoms in total. The van der Waals surface area contributed by atoms with Crippen molar-refractivity contribution in [2.75, 3.05) is 13.2 Å². The van der Waals surface area contributed by atoms with E-state index in [4.69, 9.17) is 4.74 Å². The Morgan fingerprint density at radius 2 is 2.14 bits per heavy atom. The van der Waals surface area contributed by atoms with Gasteiger partial charge in [0.1, 0.15) is 5.82 Å². The van der Waals surface area contributed by atoms with Crippen LogP contribution >= 0.6 is 0 Å². The standard InChI is InChI=1S/C18H28FNO/c1-4-20-17(9-8-15-7-5-6-10-21-15)18-14(3)11-13(2)12-16(18)19/h11-12,15,17,20H,4-10H2,1-3H3. The second kappa shape index (κ2) is 7.90. The first-order chi connectivity index (χ1) is 10.1. The molecule has 0 aromatic heterocycles. The van der Waals surface area contributed by atoms with Crippen molar-refractivity contribution in [2.45, 2.75) is 65.0 Å². The molecule has 0 amide bonds. The van der Waals surface area contributed by atoms with Crippen LogP contribution < -0.4 is 5.32 Å². The Bertz CT molecular complexity index is 432. The molecule has 1 aromatic rings. The van der Waals surface area contributed by atoms with E-state index >= 15 is 0 Å². The maximum atomic E-state index is 14.4. The van der Waals surface area contributed by atoms with Crippen molar-refractivity contribution in [2.24, 2.45) is 0 Å². The highest BCUT2D eigenvalue weighted by molar-refractivity contribution is 5.34. The Morgan fingerprint density at radius 1 is 1.33 bits per heavy atom. The first-order valence-corrected chi connectivity index (χ1v) is 8.23. The molecule has 1 saturated heterocycles. The third-order valence-electron chi connectivity index (χ3n) is 4.33. The Kier molecular flexibility index (Phi) is 6.19. The second-order valence-corrected chi connectivity index (χ2v) is 6.15. The molecular formula is C18H28FNO. The number of nitrogens with one attached hydrogen (secondary N) is 1. The molecule has 1 heterocycles. The molecule has 1 aromatic carbocycles. The van der Waals surface area contributed by atoms with Gasteiger partial charge < -0.3 is 10.1 Å². The lowest BCUT2D eigenvalue weighted by Crippen LogP contribution is -2.26. The lowest BCUT2D eigenvalue weighted by molar-refractivity contribution is 0.00850. The van der Waals surface area contributed by atoms with Crippen LogP contribution in [0.15, 0.2) is 12.1 Å². The lowest BCUT2D eigenvalue weighted by Gasteiger charge is -2.26. The molecule has 2 rings (SSSR count). The summed E-state index contributed by atoms with van der Waals surface area (Å²) in [6.45, 7) is 7.76. The van der Waals surface area contributed by atoms with Crippen molar-refractivity contribution in [3.63, 3.8) is 0 Å². The van der Waals surface area contributed by atoms with Gasteiger partial charge in [-0.1, -0.05) is 13.0 Å². The van der Waals surface area contributed by atoms with E-state index in [1.165, 1.54) is 12.8 Å². The summed E-state index contributed by atoms with van der Waals surface area (Å²) in [5.41, 5.74) is 2.86. The maximum absolute atomic E-state index is 14.4. The normalized spacial score (nSPS) is 20.5. The zero-order valence-electron chi connectivity index (χ0n) is 13.5. The van der Waals surface area contributed by atoms with E-state index in [9.17, 15) is 4.39 Å². The predicted octanol–water partition coefficient (Wildman–Crippen LogP) is 4.44. The van der Waals surface area contributed by atoms with Crippen LogP contribution in [-0.2, 0) is 4.74 Å². The van der Waals surface area contributed by atoms with Crippen LogP contribution in [0.2, 0.25) is 0 Å². The van der Waals surface area contributed by atoms with Crippen LogP contribution in [0.25, 0.3) is 0 Å². The van der Waals surface area contributed by atoms with E-state index < -0.39 is 0 Å². The summed E-state index contributed by atoms with van der Waals surface area (Å²) in [6.07, 6.45) is 5.87. The maximum Gasteiger partial charge on any atom is 0.128 e. The molecular weight excluding hydrogens is 265 g/mol. The molecule has 0 saturated carbocycles. The van der Waals surface area contributed by atoms with Gasteiger partial charge in [0, 0.05) is 18.2 Å². The molecule has 0 radical (unpaired) electrons. The Hall–Kier alpha value is -0.930. The van der Waals surface area contributed by atoms with Gasteiger partial charge in [-0.3, -0.25) is 0 Å². The second-order valence-electron chi connectivity index (χ2n) is 6.15. The fourth-order valence-electron chi connectivity index (χ4n) is 3.35. The zero-order chi connectivity index (χ0) is 15.2. The number of aryl methyl sites for hydroxylation is 2. The van der Waals surface area contributed by atoms with Crippen LogP contribution in [-0.4, -0.2) is 19.3 Å². The minimum absolute atomic E-state index is 0.0805. The Morgan fingerprint density at radius 3 is 2.76 bits per heavy atom. The summed E-state index contributed by atoms with van der Waals surface area (Å²) in [5.74, 6) is -0.0805. The zero-order valence-corrected chi connectivity index (χ0v) is 13.5. The third kappa shape index (κ3) is 4.52. The highest BCUT2D eigenvalue weighted by Gasteiger charge is 2.21. The number of benzene rings is 1. The molecule has 21 heavy (non-hydrogen) atoms. The van der Waals surface area contributed by atoms with Gasteiger partial charge in [-0.05, 0) is 69.7 Å². The van der Waals surface area contributed by atoms with E-state index in [2.05, 4.69) is 18.3 Å². The average molecular weight is 293 g/mol. The number of hydrogen-bond acceptors (Lipinski definition) is 2. The molecule has 1 N–H and O–H groups in total. The van der Waals surface area contributed by atoms with Crippen molar-refractivity contribution in [3.05, 3.63) is 34.6 Å². The summed E-state index contributed by atoms with van der Waals surface area (Å²) in [4.78, 5) is 0. The average Bonchev–Trinajstić information content (AvgIpc) is 2.45. The highest BCUT2D eigenvalue weighted by Crippen LogP contribution is 2.28. The SMILES string of the molecule is CCNC(CCC1CCCCO1)c1c(C)cc(C)cc1F. The summed E-state index contributed by atoms with van der Waals surface area (Å²) in [5, 5.41) is 3.44. The van der Waals surface area contributed by atoms with Crippen molar-refractivity contribution in [3.8, 4) is 0 Å². The molecule has 3 heteroatoms. The largest absolute Gasteiger partial charge is 0.378 e. The Balaban J connectivity index is 2.07. The fraction of sp³-hybridized carbons (Fsp3) is 0.667. The number of halogens is 1. The van der Waals surface area contributed by atoms with Crippen molar-refractivity contribution in [1.82, 2.24) is 5.32 Å². The minimum Gasteiger partial charge on any atom is -0.378 e. The summed E-state index contributed by atoms with van der Waals surface area (Å²) in [6, 6.07) is 3.80. The molecule has 0 spiro atoms. The number of ether oxygens (including phenoxy) is 1. The van der Waals surface area contributed by atoms with Crippen LogP contribution in [0.5, 0.6) is 0 Å². The van der Waals surface area contributed by atoms with Gasteiger partial charge in [-0.25, -0.2) is 4.39 Å². The highest BCUT2D eigenvalue weighted by atomic mass is 19.1. The molecule has 0 bridgehead atoms. The summed E-state index contributed by atoms with van der Waals surface area (Å²) >= 11 is 0. The van der Waals surface area contributed by atoms with Crippen LogP contribution in [0.3, 0.4) is 0 Å². The van der Waals surface area contributed by atoms with Gasteiger partial charge in [0.05, 0.1) is 6.10 Å². The monoisotopic (exact) mass is 293 g/mol. The van der Waals surface area contributed by atoms with E-state index in [-0.39, 0.29) is 11.9 Å². The topological polar surface area (TPSA) is 21.3 Å². The van der Waals surface area contributed by atoms with Gasteiger partial charge in [0.25, 0.3) is 0 Å².